The van der Waals surface area contributed by atoms with E-state index in [4.69, 9.17) is 9.84 Å². The fourth-order valence-electron chi connectivity index (χ4n) is 4.06. The summed E-state index contributed by atoms with van der Waals surface area (Å²) in [7, 11) is 0. The van der Waals surface area contributed by atoms with Crippen LogP contribution in [0.2, 0.25) is 0 Å². The maximum absolute atomic E-state index is 13.5. The first kappa shape index (κ1) is 20.2. The number of hydrogen-bond acceptors (Lipinski definition) is 5. The number of para-hydroxylation sites is 1. The molecule has 1 aliphatic heterocycles. The van der Waals surface area contributed by atoms with E-state index < -0.39 is 0 Å². The smallest absolute Gasteiger partial charge is 0.280 e. The van der Waals surface area contributed by atoms with Gasteiger partial charge in [0.2, 0.25) is 5.91 Å². The third-order valence-electron chi connectivity index (χ3n) is 5.62. The topological polar surface area (TPSA) is 96.0 Å². The molecule has 9 heteroatoms. The number of amides is 1. The summed E-state index contributed by atoms with van der Waals surface area (Å²) < 4.78 is 10.3. The van der Waals surface area contributed by atoms with Gasteiger partial charge in [0.1, 0.15) is 17.4 Å². The van der Waals surface area contributed by atoms with Crippen LogP contribution in [0.3, 0.4) is 0 Å². The van der Waals surface area contributed by atoms with Crippen LogP contribution >= 0.6 is 0 Å². The highest BCUT2D eigenvalue weighted by Gasteiger charge is 2.22. The van der Waals surface area contributed by atoms with Crippen molar-refractivity contribution in [1.82, 2.24) is 29.4 Å². The molecule has 1 fully saturated rings. The Hall–Kier alpha value is -3.72. The number of rotatable bonds is 6. The predicted molar refractivity (Wildman–Crippen MR) is 119 cm³/mol. The Labute approximate surface area is 184 Å². The monoisotopic (exact) mass is 432 g/mol. The highest BCUT2D eigenvalue weighted by atomic mass is 16.5. The van der Waals surface area contributed by atoms with Gasteiger partial charge in [-0.1, -0.05) is 18.2 Å². The summed E-state index contributed by atoms with van der Waals surface area (Å²) in [5.74, 6) is 0.340. The number of benzene rings is 1. The fraction of sp³-hybridized carbons (Fsp3) is 0.304. The van der Waals surface area contributed by atoms with Crippen LogP contribution in [0.5, 0.6) is 0 Å². The SMILES string of the molecule is Cc1nn(CC(=O)NC[C@@H]2CCCO2)c(=O)c2c(-n3cccc3)n(-c3ccccc3)nc12. The lowest BCUT2D eigenvalue weighted by Gasteiger charge is -2.12. The number of aryl methyl sites for hydroxylation is 1. The van der Waals surface area contributed by atoms with E-state index in [0.29, 0.717) is 29.0 Å². The molecule has 164 valence electrons. The van der Waals surface area contributed by atoms with E-state index in [1.807, 2.05) is 59.4 Å². The van der Waals surface area contributed by atoms with E-state index >= 15 is 0 Å². The van der Waals surface area contributed by atoms with E-state index in [1.54, 1.807) is 11.6 Å². The number of fused-ring (bicyclic) bond motifs is 1. The molecule has 1 N–H and O–H groups in total. The molecule has 1 atom stereocenters. The van der Waals surface area contributed by atoms with Crippen LogP contribution in [0.25, 0.3) is 22.4 Å². The summed E-state index contributed by atoms with van der Waals surface area (Å²) in [5.41, 5.74) is 1.56. The maximum Gasteiger partial charge on any atom is 0.280 e. The van der Waals surface area contributed by atoms with Gasteiger partial charge in [0, 0.05) is 25.5 Å². The zero-order valence-corrected chi connectivity index (χ0v) is 17.8. The predicted octanol–water partition coefficient (Wildman–Crippen LogP) is 1.98. The summed E-state index contributed by atoms with van der Waals surface area (Å²) in [6.07, 6.45) is 5.71. The highest BCUT2D eigenvalue weighted by Crippen LogP contribution is 2.24. The van der Waals surface area contributed by atoms with Gasteiger partial charge in [-0.25, -0.2) is 9.36 Å². The number of ether oxygens (including phenoxy) is 1. The first-order valence-electron chi connectivity index (χ1n) is 10.7. The molecule has 3 aromatic heterocycles. The number of aromatic nitrogens is 5. The van der Waals surface area contributed by atoms with E-state index in [0.717, 1.165) is 25.1 Å². The van der Waals surface area contributed by atoms with Gasteiger partial charge in [0.25, 0.3) is 5.56 Å². The van der Waals surface area contributed by atoms with Crippen molar-refractivity contribution in [2.45, 2.75) is 32.4 Å². The molecule has 32 heavy (non-hydrogen) atoms. The Bertz CT molecular complexity index is 1300. The molecule has 1 saturated heterocycles. The van der Waals surface area contributed by atoms with Crippen LogP contribution in [-0.4, -0.2) is 49.3 Å². The molecule has 0 spiro atoms. The average molecular weight is 432 g/mol. The van der Waals surface area contributed by atoms with Crippen LogP contribution in [0.15, 0.2) is 59.7 Å². The van der Waals surface area contributed by atoms with Crippen LogP contribution in [0.4, 0.5) is 0 Å². The highest BCUT2D eigenvalue weighted by molar-refractivity contribution is 5.88. The maximum atomic E-state index is 13.5. The van der Waals surface area contributed by atoms with E-state index in [2.05, 4.69) is 10.4 Å². The normalized spacial score (nSPS) is 16.0. The first-order chi connectivity index (χ1) is 15.6. The summed E-state index contributed by atoms with van der Waals surface area (Å²) in [5, 5.41) is 12.4. The summed E-state index contributed by atoms with van der Waals surface area (Å²) >= 11 is 0. The largest absolute Gasteiger partial charge is 0.376 e. The van der Waals surface area contributed by atoms with Gasteiger partial charge < -0.3 is 14.6 Å². The fourth-order valence-corrected chi connectivity index (χ4v) is 4.06. The second-order valence-electron chi connectivity index (χ2n) is 7.87. The molecule has 1 amide bonds. The zero-order valence-electron chi connectivity index (χ0n) is 17.8. The average Bonchev–Trinajstić information content (AvgIpc) is 3.57. The van der Waals surface area contributed by atoms with Crippen molar-refractivity contribution < 1.29 is 9.53 Å². The number of carbonyl (C=O) groups is 1. The molecular weight excluding hydrogens is 408 g/mol. The van der Waals surface area contributed by atoms with Crippen molar-refractivity contribution in [2.24, 2.45) is 0 Å². The van der Waals surface area contributed by atoms with E-state index in [9.17, 15) is 9.59 Å². The van der Waals surface area contributed by atoms with Gasteiger partial charge in [0.05, 0.1) is 17.5 Å². The molecule has 4 heterocycles. The standard InChI is InChI=1S/C23H24N6O3/c1-16-21-20(23(31)28(25-16)15-19(30)24-14-18-10-7-13-32-18)22(27-11-5-6-12-27)29(26-21)17-8-3-2-4-9-17/h2-6,8-9,11-12,18H,7,10,13-15H2,1H3,(H,24,30)/t18-/m0/s1. The first-order valence-corrected chi connectivity index (χ1v) is 10.7. The Kier molecular flexibility index (Phi) is 5.32. The lowest BCUT2D eigenvalue weighted by Crippen LogP contribution is -2.37. The van der Waals surface area contributed by atoms with Crippen molar-refractivity contribution in [3.05, 3.63) is 70.9 Å². The minimum absolute atomic E-state index is 0.0392. The van der Waals surface area contributed by atoms with Gasteiger partial charge in [-0.3, -0.25) is 9.59 Å². The number of nitrogens with one attached hydrogen (secondary N) is 1. The lowest BCUT2D eigenvalue weighted by atomic mass is 10.2. The zero-order chi connectivity index (χ0) is 22.1. The van der Waals surface area contributed by atoms with Gasteiger partial charge in [-0.05, 0) is 44.0 Å². The molecule has 0 radical (unpaired) electrons. The van der Waals surface area contributed by atoms with Crippen molar-refractivity contribution in [2.75, 3.05) is 13.2 Å². The van der Waals surface area contributed by atoms with Crippen molar-refractivity contribution in [3.63, 3.8) is 0 Å². The second kappa shape index (κ2) is 8.43. The molecule has 4 aromatic rings. The molecule has 0 saturated carbocycles. The van der Waals surface area contributed by atoms with Crippen molar-refractivity contribution in [1.29, 1.82) is 0 Å². The van der Waals surface area contributed by atoms with Crippen LogP contribution in [0, 0.1) is 6.92 Å². The minimum Gasteiger partial charge on any atom is -0.376 e. The van der Waals surface area contributed by atoms with Crippen LogP contribution < -0.4 is 10.9 Å². The number of carbonyl (C=O) groups excluding carboxylic acids is 1. The molecule has 5 rings (SSSR count). The van der Waals surface area contributed by atoms with Crippen molar-refractivity contribution >= 4 is 16.8 Å². The Morgan fingerprint density at radius 2 is 1.94 bits per heavy atom. The van der Waals surface area contributed by atoms with Gasteiger partial charge in [-0.2, -0.15) is 10.2 Å². The molecule has 1 aliphatic rings. The molecule has 0 aliphatic carbocycles. The van der Waals surface area contributed by atoms with Crippen LogP contribution in [0.1, 0.15) is 18.5 Å². The number of hydrogen-bond donors (Lipinski definition) is 1. The van der Waals surface area contributed by atoms with Crippen molar-refractivity contribution in [3.8, 4) is 11.5 Å². The van der Waals surface area contributed by atoms with Gasteiger partial charge >= 0.3 is 0 Å². The molecule has 1 aromatic carbocycles. The summed E-state index contributed by atoms with van der Waals surface area (Å²) in [6.45, 7) is 2.80. The second-order valence-corrected chi connectivity index (χ2v) is 7.87. The van der Waals surface area contributed by atoms with E-state index in [1.165, 1.54) is 4.68 Å². The third kappa shape index (κ3) is 3.71. The van der Waals surface area contributed by atoms with Gasteiger partial charge in [0.15, 0.2) is 5.82 Å². The Balaban J connectivity index is 1.57. The quantitative estimate of drug-likeness (QED) is 0.503. The third-order valence-corrected chi connectivity index (χ3v) is 5.62. The Morgan fingerprint density at radius 1 is 1.16 bits per heavy atom. The number of nitrogens with zero attached hydrogens (tertiary/aromatic N) is 5. The lowest BCUT2D eigenvalue weighted by molar-refractivity contribution is -0.122. The molecule has 9 nitrogen and oxygen atoms in total. The molecule has 0 unspecified atom stereocenters. The molecular formula is C23H24N6O3. The minimum atomic E-state index is -0.358. The summed E-state index contributed by atoms with van der Waals surface area (Å²) in [6, 6.07) is 13.4. The van der Waals surface area contributed by atoms with Crippen LogP contribution in [-0.2, 0) is 16.1 Å². The van der Waals surface area contributed by atoms with E-state index in [-0.39, 0.29) is 24.1 Å². The summed E-state index contributed by atoms with van der Waals surface area (Å²) in [4.78, 5) is 26.0. The van der Waals surface area contributed by atoms with Gasteiger partial charge in [-0.15, -0.1) is 0 Å². The Morgan fingerprint density at radius 3 is 2.66 bits per heavy atom. The molecule has 0 bridgehead atoms.